The molecule has 6 heteroatoms. The second kappa shape index (κ2) is 11.8. The fourth-order valence-electron chi connectivity index (χ4n) is 4.95. The minimum atomic E-state index is -3.98. The molecule has 5 nitrogen and oxygen atoms in total. The van der Waals surface area contributed by atoms with Crippen molar-refractivity contribution in [2.75, 3.05) is 5.32 Å². The van der Waals surface area contributed by atoms with E-state index >= 15 is 0 Å². The van der Waals surface area contributed by atoms with Gasteiger partial charge >= 0.3 is 0 Å². The summed E-state index contributed by atoms with van der Waals surface area (Å²) in [6, 6.07) is 35.8. The number of benzene rings is 5. The maximum Gasteiger partial charge on any atom is 0.220 e. The van der Waals surface area contributed by atoms with Gasteiger partial charge in [0.1, 0.15) is 5.03 Å². The van der Waals surface area contributed by atoms with Gasteiger partial charge in [-0.2, -0.15) is 0 Å². The van der Waals surface area contributed by atoms with Gasteiger partial charge in [-0.25, -0.2) is 8.42 Å². The van der Waals surface area contributed by atoms with Gasteiger partial charge in [-0.3, -0.25) is 4.79 Å². The number of hydrogen-bond donors (Lipinski definition) is 2. The number of nitrogens with two attached hydrogens (primary N) is 1. The Kier molecular flexibility index (Phi) is 7.99. The molecule has 5 aromatic rings. The van der Waals surface area contributed by atoms with Crippen molar-refractivity contribution in [3.63, 3.8) is 0 Å². The van der Waals surface area contributed by atoms with Crippen molar-refractivity contribution in [1.82, 2.24) is 0 Å². The Bertz CT molecular complexity index is 1800. The van der Waals surface area contributed by atoms with Crippen LogP contribution in [-0.2, 0) is 21.1 Å². The zero-order valence-corrected chi connectivity index (χ0v) is 23.1. The summed E-state index contributed by atoms with van der Waals surface area (Å²) in [6.07, 6.45) is 2.47. The number of rotatable bonds is 10. The SMILES string of the molecule is C[C@H](Nc1ccc2ccccc2c1)C(=O)[C@H](C=C(N)S(=O)(=O)c1ccc2ccccc2c1)CCc1ccccc1. The van der Waals surface area contributed by atoms with E-state index in [1.165, 1.54) is 6.08 Å². The lowest BCUT2D eigenvalue weighted by atomic mass is 9.92. The van der Waals surface area contributed by atoms with E-state index in [0.717, 1.165) is 32.8 Å². The summed E-state index contributed by atoms with van der Waals surface area (Å²) < 4.78 is 26.9. The standard InChI is InChI=1S/C34H32N2O3S/c1-24(36-31-19-17-26-11-5-7-13-28(26)21-31)34(37)30(16-15-25-9-3-2-4-10-25)23-33(35)40(38,39)32-20-18-27-12-6-8-14-29(27)22-32/h2-14,17-24,30,36H,15-16,35H2,1H3/t24-,30-/m0/s1. The number of Topliss-reactive ketones (excluding diaryl/α,β-unsaturated/α-hetero) is 1. The number of carbonyl (C=O) groups is 1. The number of carbonyl (C=O) groups excluding carboxylic acids is 1. The number of sulfone groups is 1. The second-order valence-electron chi connectivity index (χ2n) is 10.0. The van der Waals surface area contributed by atoms with Crippen LogP contribution in [0.2, 0.25) is 0 Å². The van der Waals surface area contributed by atoms with Crippen molar-refractivity contribution < 1.29 is 13.2 Å². The highest BCUT2D eigenvalue weighted by molar-refractivity contribution is 7.95. The number of ketones is 1. The molecule has 2 atom stereocenters. The van der Waals surface area contributed by atoms with Crippen LogP contribution in [0.1, 0.15) is 18.9 Å². The predicted octanol–water partition coefficient (Wildman–Crippen LogP) is 6.89. The molecule has 5 aromatic carbocycles. The maximum atomic E-state index is 13.7. The van der Waals surface area contributed by atoms with E-state index in [1.807, 2.05) is 97.1 Å². The van der Waals surface area contributed by atoms with Gasteiger partial charge in [-0.1, -0.05) is 91.0 Å². The Balaban J connectivity index is 1.42. The Morgan fingerprint density at radius 3 is 2.02 bits per heavy atom. The second-order valence-corrected chi connectivity index (χ2v) is 12.0. The number of aryl methyl sites for hydroxylation is 1. The van der Waals surface area contributed by atoms with Gasteiger partial charge in [0.05, 0.1) is 10.9 Å². The van der Waals surface area contributed by atoms with E-state index in [-0.39, 0.29) is 15.7 Å². The van der Waals surface area contributed by atoms with Gasteiger partial charge < -0.3 is 11.1 Å². The first kappa shape index (κ1) is 27.2. The third kappa shape index (κ3) is 6.08. The highest BCUT2D eigenvalue weighted by atomic mass is 32.2. The Morgan fingerprint density at radius 1 is 0.775 bits per heavy atom. The molecule has 0 aliphatic rings. The first-order valence-electron chi connectivity index (χ1n) is 13.4. The summed E-state index contributed by atoms with van der Waals surface area (Å²) in [5, 5.41) is 6.92. The minimum absolute atomic E-state index is 0.108. The number of anilines is 1. The van der Waals surface area contributed by atoms with Crippen molar-refractivity contribution in [1.29, 1.82) is 0 Å². The molecule has 0 fully saturated rings. The topological polar surface area (TPSA) is 89.3 Å². The first-order valence-corrected chi connectivity index (χ1v) is 14.8. The normalized spacial score (nSPS) is 13.7. The molecule has 0 amide bonds. The molecule has 0 spiro atoms. The quantitative estimate of drug-likeness (QED) is 0.198. The van der Waals surface area contributed by atoms with Crippen LogP contribution < -0.4 is 11.1 Å². The smallest absolute Gasteiger partial charge is 0.220 e. The molecule has 5 rings (SSSR count). The first-order chi connectivity index (χ1) is 19.3. The molecule has 202 valence electrons. The molecule has 3 N–H and O–H groups in total. The molecule has 0 heterocycles. The molecule has 0 saturated carbocycles. The van der Waals surface area contributed by atoms with Crippen molar-refractivity contribution in [3.8, 4) is 0 Å². The van der Waals surface area contributed by atoms with Crippen molar-refractivity contribution >= 4 is 42.9 Å². The molecule has 0 aromatic heterocycles. The molecule has 0 aliphatic heterocycles. The molecular weight excluding hydrogens is 516 g/mol. The average Bonchev–Trinajstić information content (AvgIpc) is 2.98. The van der Waals surface area contributed by atoms with E-state index in [0.29, 0.717) is 12.8 Å². The van der Waals surface area contributed by atoms with E-state index in [4.69, 9.17) is 5.73 Å². The van der Waals surface area contributed by atoms with Gasteiger partial charge in [0.15, 0.2) is 5.78 Å². The van der Waals surface area contributed by atoms with Crippen LogP contribution in [0.4, 0.5) is 5.69 Å². The van der Waals surface area contributed by atoms with Gasteiger partial charge in [-0.15, -0.1) is 0 Å². The Morgan fingerprint density at radius 2 is 1.35 bits per heavy atom. The number of fused-ring (bicyclic) bond motifs is 2. The zero-order chi connectivity index (χ0) is 28.1. The molecule has 0 radical (unpaired) electrons. The van der Waals surface area contributed by atoms with Gasteiger partial charge in [0, 0.05) is 11.6 Å². The fourth-order valence-corrected chi connectivity index (χ4v) is 6.10. The van der Waals surface area contributed by atoms with Crippen molar-refractivity contribution in [2.45, 2.75) is 30.7 Å². The summed E-state index contributed by atoms with van der Waals surface area (Å²) in [6.45, 7) is 1.80. The lowest BCUT2D eigenvalue weighted by molar-refractivity contribution is -0.122. The molecule has 40 heavy (non-hydrogen) atoms. The summed E-state index contributed by atoms with van der Waals surface area (Å²) in [5.74, 6) is -0.820. The third-order valence-electron chi connectivity index (χ3n) is 7.22. The summed E-state index contributed by atoms with van der Waals surface area (Å²) in [4.78, 5) is 13.9. The molecular formula is C34H32N2O3S. The Labute approximate surface area is 235 Å². The fraction of sp³-hybridized carbons (Fsp3) is 0.147. The average molecular weight is 549 g/mol. The summed E-state index contributed by atoms with van der Waals surface area (Å²) in [5.41, 5.74) is 8.14. The largest absolute Gasteiger partial charge is 0.389 e. The maximum absolute atomic E-state index is 13.7. The van der Waals surface area contributed by atoms with Crippen LogP contribution in [0.3, 0.4) is 0 Å². The third-order valence-corrected chi connectivity index (χ3v) is 8.85. The zero-order valence-electron chi connectivity index (χ0n) is 22.3. The highest BCUT2D eigenvalue weighted by Crippen LogP contribution is 2.25. The van der Waals surface area contributed by atoms with E-state index in [1.54, 1.807) is 25.1 Å². The summed E-state index contributed by atoms with van der Waals surface area (Å²) >= 11 is 0. The highest BCUT2D eigenvalue weighted by Gasteiger charge is 2.26. The van der Waals surface area contributed by atoms with Crippen molar-refractivity contribution in [2.24, 2.45) is 11.7 Å². The molecule has 0 unspecified atom stereocenters. The Hall–Kier alpha value is -4.42. The monoisotopic (exact) mass is 548 g/mol. The van der Waals surface area contributed by atoms with Gasteiger partial charge in [0.25, 0.3) is 0 Å². The van der Waals surface area contributed by atoms with E-state index in [2.05, 4.69) is 5.32 Å². The van der Waals surface area contributed by atoms with Crippen LogP contribution in [0, 0.1) is 5.92 Å². The molecule has 0 aliphatic carbocycles. The van der Waals surface area contributed by atoms with Crippen molar-refractivity contribution in [3.05, 3.63) is 132 Å². The van der Waals surface area contributed by atoms with Crippen LogP contribution in [-0.4, -0.2) is 20.2 Å². The molecule has 0 bridgehead atoms. The van der Waals surface area contributed by atoms with Crippen LogP contribution in [0.25, 0.3) is 21.5 Å². The summed E-state index contributed by atoms with van der Waals surface area (Å²) in [7, 11) is -3.98. The molecule has 0 saturated heterocycles. The number of nitrogens with one attached hydrogen (secondary N) is 1. The lowest BCUT2D eigenvalue weighted by Gasteiger charge is -2.20. The van der Waals surface area contributed by atoms with E-state index in [9.17, 15) is 13.2 Å². The van der Waals surface area contributed by atoms with Crippen LogP contribution in [0.15, 0.2) is 131 Å². The predicted molar refractivity (Wildman–Crippen MR) is 164 cm³/mol. The number of hydrogen-bond acceptors (Lipinski definition) is 5. The van der Waals surface area contributed by atoms with E-state index < -0.39 is 21.8 Å². The minimum Gasteiger partial charge on any atom is -0.389 e. The number of allylic oxidation sites excluding steroid dienone is 1. The lowest BCUT2D eigenvalue weighted by Crippen LogP contribution is -2.32. The van der Waals surface area contributed by atoms with Gasteiger partial charge in [0.2, 0.25) is 9.84 Å². The van der Waals surface area contributed by atoms with Crippen LogP contribution in [0.5, 0.6) is 0 Å². The van der Waals surface area contributed by atoms with Crippen LogP contribution >= 0.6 is 0 Å². The van der Waals surface area contributed by atoms with Gasteiger partial charge in [-0.05, 0) is 77.2 Å².